The van der Waals surface area contributed by atoms with Crippen molar-refractivity contribution in [2.24, 2.45) is 0 Å². The van der Waals surface area contributed by atoms with Crippen molar-refractivity contribution >= 4 is 17.9 Å². The molecular formula is C8H8ClNO2. The summed E-state index contributed by atoms with van der Waals surface area (Å²) in [6.07, 6.45) is 0.689. The molecule has 1 rings (SSSR count). The van der Waals surface area contributed by atoms with Gasteiger partial charge in [-0.15, -0.1) is 0 Å². The molecule has 0 N–H and O–H groups in total. The number of nitrogens with zero attached hydrogens (tertiary/aromatic N) is 1. The molecular weight excluding hydrogens is 178 g/mol. The van der Waals surface area contributed by atoms with Crippen LogP contribution in [0.25, 0.3) is 0 Å². The number of hydrogen-bond donors (Lipinski definition) is 0. The SMILES string of the molecule is CCOc1nc(Cl)ccc1C=O. The minimum atomic E-state index is 0.292. The Kier molecular flexibility index (Phi) is 3.05. The van der Waals surface area contributed by atoms with Gasteiger partial charge in [0.05, 0.1) is 12.2 Å². The molecule has 0 bridgehead atoms. The molecule has 0 aliphatic rings. The summed E-state index contributed by atoms with van der Waals surface area (Å²) < 4.78 is 5.08. The van der Waals surface area contributed by atoms with Crippen LogP contribution in [0.3, 0.4) is 0 Å². The van der Waals surface area contributed by atoms with Crippen LogP contribution in [0, 0.1) is 0 Å². The summed E-state index contributed by atoms with van der Waals surface area (Å²) in [6, 6.07) is 3.13. The van der Waals surface area contributed by atoms with Crippen LogP contribution in [0.2, 0.25) is 5.15 Å². The molecule has 64 valence electrons. The third-order valence-electron chi connectivity index (χ3n) is 1.26. The van der Waals surface area contributed by atoms with Crippen LogP contribution in [-0.4, -0.2) is 17.9 Å². The smallest absolute Gasteiger partial charge is 0.225 e. The van der Waals surface area contributed by atoms with E-state index in [4.69, 9.17) is 16.3 Å². The molecule has 0 aromatic carbocycles. The number of ether oxygens (including phenoxy) is 1. The molecule has 0 radical (unpaired) electrons. The molecule has 12 heavy (non-hydrogen) atoms. The third-order valence-corrected chi connectivity index (χ3v) is 1.47. The molecule has 1 aromatic rings. The maximum Gasteiger partial charge on any atom is 0.225 e. The number of aldehydes is 1. The number of carbonyl (C=O) groups excluding carboxylic acids is 1. The highest BCUT2D eigenvalue weighted by Crippen LogP contribution is 2.16. The summed E-state index contributed by atoms with van der Waals surface area (Å²) in [5, 5.41) is 0.323. The van der Waals surface area contributed by atoms with E-state index in [1.165, 1.54) is 0 Å². The van der Waals surface area contributed by atoms with Gasteiger partial charge in [-0.1, -0.05) is 11.6 Å². The molecule has 0 aliphatic heterocycles. The van der Waals surface area contributed by atoms with Crippen molar-refractivity contribution in [1.29, 1.82) is 0 Å². The summed E-state index contributed by atoms with van der Waals surface area (Å²) in [5.74, 6) is 0.292. The molecule has 3 nitrogen and oxygen atoms in total. The Bertz CT molecular complexity index is 288. The highest BCUT2D eigenvalue weighted by Gasteiger charge is 2.03. The lowest BCUT2D eigenvalue weighted by Crippen LogP contribution is -1.98. The Labute approximate surface area is 75.3 Å². The Hall–Kier alpha value is -1.09. The van der Waals surface area contributed by atoms with Gasteiger partial charge in [-0.25, -0.2) is 4.98 Å². The van der Waals surface area contributed by atoms with E-state index in [-0.39, 0.29) is 0 Å². The lowest BCUT2D eigenvalue weighted by molar-refractivity contribution is 0.111. The maximum atomic E-state index is 10.5. The molecule has 0 unspecified atom stereocenters. The molecule has 1 heterocycles. The first-order chi connectivity index (χ1) is 5.77. The van der Waals surface area contributed by atoms with Gasteiger partial charge in [0, 0.05) is 0 Å². The van der Waals surface area contributed by atoms with Crippen LogP contribution in [-0.2, 0) is 0 Å². The average molecular weight is 186 g/mol. The van der Waals surface area contributed by atoms with E-state index in [0.29, 0.717) is 29.5 Å². The van der Waals surface area contributed by atoms with E-state index in [0.717, 1.165) is 0 Å². The van der Waals surface area contributed by atoms with Gasteiger partial charge >= 0.3 is 0 Å². The Morgan fingerprint density at radius 2 is 2.42 bits per heavy atom. The van der Waals surface area contributed by atoms with Gasteiger partial charge < -0.3 is 4.74 Å². The van der Waals surface area contributed by atoms with E-state index in [1.807, 2.05) is 6.92 Å². The van der Waals surface area contributed by atoms with E-state index in [9.17, 15) is 4.79 Å². The van der Waals surface area contributed by atoms with Gasteiger partial charge in [0.15, 0.2) is 6.29 Å². The zero-order valence-electron chi connectivity index (χ0n) is 6.58. The van der Waals surface area contributed by atoms with Gasteiger partial charge in [-0.3, -0.25) is 4.79 Å². The topological polar surface area (TPSA) is 39.2 Å². The lowest BCUT2D eigenvalue weighted by atomic mass is 10.3. The summed E-state index contributed by atoms with van der Waals surface area (Å²) in [6.45, 7) is 2.28. The van der Waals surface area contributed by atoms with Crippen LogP contribution in [0.1, 0.15) is 17.3 Å². The van der Waals surface area contributed by atoms with Gasteiger partial charge in [-0.2, -0.15) is 0 Å². The van der Waals surface area contributed by atoms with Crippen molar-refractivity contribution in [3.8, 4) is 5.88 Å². The van der Waals surface area contributed by atoms with E-state index >= 15 is 0 Å². The van der Waals surface area contributed by atoms with Crippen molar-refractivity contribution in [2.75, 3.05) is 6.61 Å². The molecule has 1 aromatic heterocycles. The van der Waals surface area contributed by atoms with Crippen LogP contribution in [0.5, 0.6) is 5.88 Å². The highest BCUT2D eigenvalue weighted by atomic mass is 35.5. The zero-order chi connectivity index (χ0) is 8.97. The fourth-order valence-electron chi connectivity index (χ4n) is 0.771. The predicted octanol–water partition coefficient (Wildman–Crippen LogP) is 1.95. The molecule has 0 atom stereocenters. The number of halogens is 1. The van der Waals surface area contributed by atoms with E-state index in [1.54, 1.807) is 12.1 Å². The fourth-order valence-corrected chi connectivity index (χ4v) is 0.910. The number of aromatic nitrogens is 1. The number of rotatable bonds is 3. The molecule has 4 heteroatoms. The zero-order valence-corrected chi connectivity index (χ0v) is 7.34. The Morgan fingerprint density at radius 1 is 1.67 bits per heavy atom. The quantitative estimate of drug-likeness (QED) is 0.534. The van der Waals surface area contributed by atoms with Crippen LogP contribution in [0.15, 0.2) is 12.1 Å². The number of pyridine rings is 1. The van der Waals surface area contributed by atoms with Crippen molar-refractivity contribution in [3.05, 3.63) is 22.8 Å². The first-order valence-corrected chi connectivity index (χ1v) is 3.90. The highest BCUT2D eigenvalue weighted by molar-refractivity contribution is 6.29. The average Bonchev–Trinajstić information content (AvgIpc) is 2.05. The van der Waals surface area contributed by atoms with E-state index in [2.05, 4.69) is 4.98 Å². The van der Waals surface area contributed by atoms with Gasteiger partial charge in [-0.05, 0) is 19.1 Å². The van der Waals surface area contributed by atoms with Crippen molar-refractivity contribution in [1.82, 2.24) is 4.98 Å². The molecule has 0 spiro atoms. The molecule has 0 saturated carbocycles. The second-order valence-corrected chi connectivity index (χ2v) is 2.47. The third kappa shape index (κ3) is 1.95. The largest absolute Gasteiger partial charge is 0.477 e. The van der Waals surface area contributed by atoms with E-state index < -0.39 is 0 Å². The second-order valence-electron chi connectivity index (χ2n) is 2.08. The van der Waals surface area contributed by atoms with Gasteiger partial charge in [0.2, 0.25) is 5.88 Å². The summed E-state index contributed by atoms with van der Waals surface area (Å²) in [5.41, 5.74) is 0.418. The Morgan fingerprint density at radius 3 is 3.00 bits per heavy atom. The minimum Gasteiger partial charge on any atom is -0.477 e. The summed E-state index contributed by atoms with van der Waals surface area (Å²) >= 11 is 5.60. The normalized spacial score (nSPS) is 9.50. The first kappa shape index (κ1) is 9.00. The Balaban J connectivity index is 3.03. The van der Waals surface area contributed by atoms with Crippen LogP contribution >= 0.6 is 11.6 Å². The summed E-state index contributed by atoms with van der Waals surface area (Å²) in [7, 11) is 0. The van der Waals surface area contributed by atoms with Gasteiger partial charge in [0.25, 0.3) is 0 Å². The molecule has 0 saturated heterocycles. The number of carbonyl (C=O) groups is 1. The lowest BCUT2D eigenvalue weighted by Gasteiger charge is -2.03. The minimum absolute atomic E-state index is 0.292. The maximum absolute atomic E-state index is 10.5. The first-order valence-electron chi connectivity index (χ1n) is 3.52. The molecule has 0 amide bonds. The van der Waals surface area contributed by atoms with Crippen molar-refractivity contribution in [3.63, 3.8) is 0 Å². The standard InChI is InChI=1S/C8H8ClNO2/c1-2-12-8-6(5-11)3-4-7(9)10-8/h3-5H,2H2,1H3. The monoisotopic (exact) mass is 185 g/mol. The molecule has 0 aliphatic carbocycles. The van der Waals surface area contributed by atoms with Crippen molar-refractivity contribution < 1.29 is 9.53 Å². The van der Waals surface area contributed by atoms with Crippen LogP contribution < -0.4 is 4.74 Å². The van der Waals surface area contributed by atoms with Crippen molar-refractivity contribution in [2.45, 2.75) is 6.92 Å². The van der Waals surface area contributed by atoms with Crippen LogP contribution in [0.4, 0.5) is 0 Å². The fraction of sp³-hybridized carbons (Fsp3) is 0.250. The second kappa shape index (κ2) is 4.07. The molecule has 0 fully saturated rings. The summed E-state index contributed by atoms with van der Waals surface area (Å²) in [4.78, 5) is 14.3. The van der Waals surface area contributed by atoms with Gasteiger partial charge in [0.1, 0.15) is 5.15 Å². The number of hydrogen-bond acceptors (Lipinski definition) is 3. The predicted molar refractivity (Wildman–Crippen MR) is 45.8 cm³/mol.